The van der Waals surface area contributed by atoms with Crippen molar-refractivity contribution in [2.24, 2.45) is 0 Å². The highest BCUT2D eigenvalue weighted by Crippen LogP contribution is 2.24. The second-order valence-corrected chi connectivity index (χ2v) is 8.59. The standard InChI is InChI=1S/C27H27ClN4O2/c1-2-15-32(18-25-30-24-16-21(28)13-14-22(24)26(33)31-25)27(34)29-17-23(19-9-5-3-6-10-19)20-11-7-4-8-12-20/h3-14,16,23H,2,15,17-18H2,1H3,(H,29,34)(H,30,31,33). The zero-order chi connectivity index (χ0) is 23.9. The predicted octanol–water partition coefficient (Wildman–Crippen LogP) is 5.33. The Bertz CT molecular complexity index is 1270. The molecule has 0 radical (unpaired) electrons. The van der Waals surface area contributed by atoms with Gasteiger partial charge in [0.15, 0.2) is 0 Å². The second kappa shape index (κ2) is 11.0. The van der Waals surface area contributed by atoms with Crippen molar-refractivity contribution in [3.05, 3.63) is 111 Å². The topological polar surface area (TPSA) is 78.1 Å². The Hall–Kier alpha value is -3.64. The summed E-state index contributed by atoms with van der Waals surface area (Å²) in [5.74, 6) is 0.446. The molecule has 0 unspecified atom stereocenters. The van der Waals surface area contributed by atoms with Gasteiger partial charge in [-0.3, -0.25) is 4.79 Å². The van der Waals surface area contributed by atoms with Crippen LogP contribution in [-0.4, -0.2) is 34.0 Å². The van der Waals surface area contributed by atoms with Crippen molar-refractivity contribution < 1.29 is 4.79 Å². The van der Waals surface area contributed by atoms with Crippen molar-refractivity contribution in [2.75, 3.05) is 13.1 Å². The van der Waals surface area contributed by atoms with Crippen molar-refractivity contribution in [1.82, 2.24) is 20.2 Å². The number of aromatic nitrogens is 2. The van der Waals surface area contributed by atoms with E-state index in [0.29, 0.717) is 34.8 Å². The molecule has 0 aliphatic carbocycles. The number of benzene rings is 3. The Labute approximate surface area is 203 Å². The number of amides is 2. The monoisotopic (exact) mass is 474 g/mol. The fourth-order valence-electron chi connectivity index (χ4n) is 4.04. The molecule has 0 saturated carbocycles. The zero-order valence-electron chi connectivity index (χ0n) is 19.0. The first kappa shape index (κ1) is 23.5. The Balaban J connectivity index is 1.52. The second-order valence-electron chi connectivity index (χ2n) is 8.16. The number of rotatable bonds is 8. The van der Waals surface area contributed by atoms with Crippen molar-refractivity contribution in [1.29, 1.82) is 0 Å². The number of aromatic amines is 1. The molecule has 2 N–H and O–H groups in total. The number of carbonyl (C=O) groups is 1. The summed E-state index contributed by atoms with van der Waals surface area (Å²) in [6.07, 6.45) is 0.776. The Morgan fingerprint density at radius 1 is 1.03 bits per heavy atom. The Morgan fingerprint density at radius 2 is 1.68 bits per heavy atom. The minimum atomic E-state index is -0.248. The molecule has 6 nitrogen and oxygen atoms in total. The number of halogens is 1. The number of hydrogen-bond acceptors (Lipinski definition) is 3. The van der Waals surface area contributed by atoms with E-state index in [0.717, 1.165) is 17.5 Å². The zero-order valence-corrected chi connectivity index (χ0v) is 19.8. The van der Waals surface area contributed by atoms with Crippen LogP contribution in [0.1, 0.15) is 36.2 Å². The highest BCUT2D eigenvalue weighted by molar-refractivity contribution is 6.31. The number of hydrogen-bond donors (Lipinski definition) is 2. The first-order chi connectivity index (χ1) is 16.5. The van der Waals surface area contributed by atoms with Crippen LogP contribution in [0.15, 0.2) is 83.7 Å². The van der Waals surface area contributed by atoms with Gasteiger partial charge in [-0.15, -0.1) is 0 Å². The fraction of sp³-hybridized carbons (Fsp3) is 0.222. The van der Waals surface area contributed by atoms with E-state index in [1.165, 1.54) is 0 Å². The smallest absolute Gasteiger partial charge is 0.317 e. The van der Waals surface area contributed by atoms with Crippen molar-refractivity contribution in [3.63, 3.8) is 0 Å². The molecule has 34 heavy (non-hydrogen) atoms. The van der Waals surface area contributed by atoms with E-state index in [9.17, 15) is 9.59 Å². The van der Waals surface area contributed by atoms with Crippen molar-refractivity contribution >= 4 is 28.5 Å². The number of carbonyl (C=O) groups excluding carboxylic acids is 1. The molecule has 4 aromatic rings. The molecule has 1 aromatic heterocycles. The van der Waals surface area contributed by atoms with Crippen LogP contribution in [0.5, 0.6) is 0 Å². The minimum Gasteiger partial charge on any atom is -0.337 e. The highest BCUT2D eigenvalue weighted by Gasteiger charge is 2.19. The van der Waals surface area contributed by atoms with Crippen LogP contribution in [0.4, 0.5) is 4.79 Å². The van der Waals surface area contributed by atoms with Gasteiger partial charge < -0.3 is 15.2 Å². The van der Waals surface area contributed by atoms with E-state index >= 15 is 0 Å². The van der Waals surface area contributed by atoms with Crippen molar-refractivity contribution in [3.8, 4) is 0 Å². The van der Waals surface area contributed by atoms with Gasteiger partial charge in [-0.05, 0) is 35.7 Å². The Morgan fingerprint density at radius 3 is 2.29 bits per heavy atom. The van der Waals surface area contributed by atoms with E-state index in [1.807, 2.05) is 43.3 Å². The number of nitrogens with one attached hydrogen (secondary N) is 2. The average molecular weight is 475 g/mol. The van der Waals surface area contributed by atoms with Gasteiger partial charge in [0.1, 0.15) is 5.82 Å². The third-order valence-electron chi connectivity index (χ3n) is 5.70. The fourth-order valence-corrected chi connectivity index (χ4v) is 4.21. The lowest BCUT2D eigenvalue weighted by molar-refractivity contribution is 0.193. The molecule has 0 fully saturated rings. The van der Waals surface area contributed by atoms with Crippen LogP contribution in [0.3, 0.4) is 0 Å². The molecule has 0 aliphatic rings. The molecule has 0 spiro atoms. The lowest BCUT2D eigenvalue weighted by atomic mass is 9.91. The van der Waals surface area contributed by atoms with E-state index in [1.54, 1.807) is 23.1 Å². The molecule has 0 atom stereocenters. The largest absolute Gasteiger partial charge is 0.337 e. The van der Waals surface area contributed by atoms with Crippen LogP contribution in [0, 0.1) is 0 Å². The molecule has 174 valence electrons. The molecule has 1 heterocycles. The average Bonchev–Trinajstić information content (AvgIpc) is 2.85. The quantitative estimate of drug-likeness (QED) is 0.362. The van der Waals surface area contributed by atoms with Gasteiger partial charge in [0.25, 0.3) is 5.56 Å². The summed E-state index contributed by atoms with van der Waals surface area (Å²) in [7, 11) is 0. The van der Waals surface area contributed by atoms with Crippen LogP contribution < -0.4 is 10.9 Å². The molecule has 0 saturated heterocycles. The third-order valence-corrected chi connectivity index (χ3v) is 5.94. The predicted molar refractivity (Wildman–Crippen MR) is 136 cm³/mol. The van der Waals surface area contributed by atoms with Crippen LogP contribution >= 0.6 is 11.6 Å². The summed E-state index contributed by atoms with van der Waals surface area (Å²) >= 11 is 6.07. The lowest BCUT2D eigenvalue weighted by Gasteiger charge is -2.25. The third kappa shape index (κ3) is 5.64. The SMILES string of the molecule is CCCN(Cc1nc2cc(Cl)ccc2c(=O)[nH]1)C(=O)NCC(c1ccccc1)c1ccccc1. The van der Waals surface area contributed by atoms with Gasteiger partial charge in [-0.1, -0.05) is 79.2 Å². The summed E-state index contributed by atoms with van der Waals surface area (Å²) in [5, 5.41) is 4.06. The molecule has 7 heteroatoms. The van der Waals surface area contributed by atoms with Gasteiger partial charge in [-0.2, -0.15) is 0 Å². The number of fused-ring (bicyclic) bond motifs is 1. The van der Waals surface area contributed by atoms with Gasteiger partial charge >= 0.3 is 6.03 Å². The molecule has 3 aromatic carbocycles. The summed E-state index contributed by atoms with van der Waals surface area (Å²) in [4.78, 5) is 34.7. The molecule has 4 rings (SSSR count). The number of urea groups is 1. The molecular weight excluding hydrogens is 448 g/mol. The summed E-state index contributed by atoms with van der Waals surface area (Å²) in [5.41, 5.74) is 2.53. The van der Waals surface area contributed by atoms with Gasteiger partial charge in [0.2, 0.25) is 0 Å². The molecular formula is C27H27ClN4O2. The van der Waals surface area contributed by atoms with Crippen LogP contribution in [-0.2, 0) is 6.54 Å². The maximum Gasteiger partial charge on any atom is 0.317 e. The van der Waals surface area contributed by atoms with Gasteiger partial charge in [0.05, 0.1) is 17.4 Å². The van der Waals surface area contributed by atoms with Crippen LogP contribution in [0.2, 0.25) is 5.02 Å². The maximum atomic E-state index is 13.2. The molecule has 0 bridgehead atoms. The molecule has 2 amide bonds. The summed E-state index contributed by atoms with van der Waals surface area (Å²) in [6, 6.07) is 25.0. The van der Waals surface area contributed by atoms with E-state index in [4.69, 9.17) is 11.6 Å². The summed E-state index contributed by atoms with van der Waals surface area (Å²) in [6.45, 7) is 3.18. The summed E-state index contributed by atoms with van der Waals surface area (Å²) < 4.78 is 0. The number of H-pyrrole nitrogens is 1. The van der Waals surface area contributed by atoms with Crippen molar-refractivity contribution in [2.45, 2.75) is 25.8 Å². The normalized spacial score (nSPS) is 11.0. The first-order valence-electron chi connectivity index (χ1n) is 11.4. The molecule has 0 aliphatic heterocycles. The van der Waals surface area contributed by atoms with E-state index in [2.05, 4.69) is 39.6 Å². The number of nitrogens with zero attached hydrogens (tertiary/aromatic N) is 2. The van der Waals surface area contributed by atoms with E-state index < -0.39 is 0 Å². The first-order valence-corrected chi connectivity index (χ1v) is 11.7. The van der Waals surface area contributed by atoms with E-state index in [-0.39, 0.29) is 24.1 Å². The Kier molecular flexibility index (Phi) is 7.60. The maximum absolute atomic E-state index is 13.2. The highest BCUT2D eigenvalue weighted by atomic mass is 35.5. The van der Waals surface area contributed by atoms with Gasteiger partial charge in [0, 0.05) is 24.0 Å². The minimum absolute atomic E-state index is 0.0237. The van der Waals surface area contributed by atoms with Gasteiger partial charge in [-0.25, -0.2) is 9.78 Å². The van der Waals surface area contributed by atoms with Crippen LogP contribution in [0.25, 0.3) is 10.9 Å². The lowest BCUT2D eigenvalue weighted by Crippen LogP contribution is -2.42.